The molecule has 0 fully saturated rings. The average Bonchev–Trinajstić information content (AvgIpc) is 2.18. The number of benzene rings is 1. The molecule has 0 saturated carbocycles. The Bertz CT molecular complexity index is 442. The van der Waals surface area contributed by atoms with E-state index in [0.29, 0.717) is 5.88 Å². The molecule has 1 aromatic carbocycles. The summed E-state index contributed by atoms with van der Waals surface area (Å²) in [7, 11) is 1.63. The fourth-order valence-electron chi connectivity index (χ4n) is 1.24. The molecule has 2 nitrogen and oxygen atoms in total. The van der Waals surface area contributed by atoms with Gasteiger partial charge in [-0.25, -0.2) is 4.98 Å². The van der Waals surface area contributed by atoms with Gasteiger partial charge in [0.15, 0.2) is 0 Å². The summed E-state index contributed by atoms with van der Waals surface area (Å²) in [6.07, 6.45) is 0. The van der Waals surface area contributed by atoms with Crippen molar-refractivity contribution >= 4 is 33.4 Å². The van der Waals surface area contributed by atoms with Gasteiger partial charge in [0.25, 0.3) is 0 Å². The van der Waals surface area contributed by atoms with E-state index in [1.807, 2.05) is 18.2 Å². The highest BCUT2D eigenvalue weighted by molar-refractivity contribution is 14.1. The minimum Gasteiger partial charge on any atom is -0.481 e. The molecule has 2 rings (SSSR count). The second-order valence-electron chi connectivity index (χ2n) is 2.68. The Morgan fingerprint density at radius 1 is 1.31 bits per heavy atom. The van der Waals surface area contributed by atoms with Gasteiger partial charge in [-0.3, -0.25) is 0 Å². The van der Waals surface area contributed by atoms with Crippen molar-refractivity contribution in [3.8, 4) is 5.88 Å². The van der Waals surface area contributed by atoms with Crippen molar-refractivity contribution in [1.29, 1.82) is 0 Å². The maximum absolute atomic E-state index is 5.09. The molecule has 0 amide bonds. The van der Waals surface area contributed by atoms with E-state index in [1.54, 1.807) is 7.11 Å². The molecule has 66 valence electrons. The van der Waals surface area contributed by atoms with Gasteiger partial charge in [-0.2, -0.15) is 0 Å². The fourth-order valence-corrected chi connectivity index (χ4v) is 1.97. The van der Waals surface area contributed by atoms with Crippen LogP contribution in [-0.4, -0.2) is 12.1 Å². The van der Waals surface area contributed by atoms with Crippen LogP contribution in [0, 0.1) is 3.70 Å². The predicted octanol–water partition coefficient (Wildman–Crippen LogP) is 2.85. The maximum Gasteiger partial charge on any atom is 0.214 e. The Hall–Kier alpha value is -0.840. The molecule has 0 bridgehead atoms. The van der Waals surface area contributed by atoms with Crippen molar-refractivity contribution in [2.45, 2.75) is 0 Å². The van der Waals surface area contributed by atoms with Crippen LogP contribution >= 0.6 is 22.6 Å². The Balaban J connectivity index is 2.77. The largest absolute Gasteiger partial charge is 0.481 e. The molecule has 13 heavy (non-hydrogen) atoms. The van der Waals surface area contributed by atoms with Crippen LogP contribution in [0.2, 0.25) is 0 Å². The molecule has 0 aliphatic carbocycles. The lowest BCUT2D eigenvalue weighted by Gasteiger charge is -2.03. The van der Waals surface area contributed by atoms with Gasteiger partial charge < -0.3 is 4.74 Å². The highest BCUT2D eigenvalue weighted by atomic mass is 127. The number of nitrogens with zero attached hydrogens (tertiary/aromatic N) is 1. The normalized spacial score (nSPS) is 10.3. The monoisotopic (exact) mass is 285 g/mol. The molecule has 1 aromatic heterocycles. The Labute approximate surface area is 90.1 Å². The van der Waals surface area contributed by atoms with Gasteiger partial charge >= 0.3 is 0 Å². The topological polar surface area (TPSA) is 22.1 Å². The van der Waals surface area contributed by atoms with Crippen molar-refractivity contribution < 1.29 is 4.74 Å². The molecule has 3 heteroatoms. The second-order valence-corrected chi connectivity index (χ2v) is 3.70. The number of hydrogen-bond acceptors (Lipinski definition) is 2. The summed E-state index contributed by atoms with van der Waals surface area (Å²) in [6, 6.07) is 10.1. The van der Waals surface area contributed by atoms with Gasteiger partial charge in [-0.15, -0.1) is 0 Å². The summed E-state index contributed by atoms with van der Waals surface area (Å²) in [5.41, 5.74) is 0. The van der Waals surface area contributed by atoms with E-state index in [4.69, 9.17) is 4.74 Å². The highest BCUT2D eigenvalue weighted by Gasteiger charge is 2.01. The van der Waals surface area contributed by atoms with Crippen LogP contribution in [0.3, 0.4) is 0 Å². The van der Waals surface area contributed by atoms with Gasteiger partial charge in [-0.05, 0) is 28.0 Å². The molecule has 0 unspecified atom stereocenters. The first-order valence-corrected chi connectivity index (χ1v) is 4.98. The quantitative estimate of drug-likeness (QED) is 0.593. The number of pyridine rings is 1. The standard InChI is InChI=1S/C10H8INO/c1-13-9-6-7-4-2-3-5-8(7)10(11)12-9/h2-6H,1H3. The van der Waals surface area contributed by atoms with Crippen molar-refractivity contribution in [1.82, 2.24) is 4.98 Å². The van der Waals surface area contributed by atoms with Crippen LogP contribution in [0.15, 0.2) is 30.3 Å². The molecule has 0 atom stereocenters. The first-order valence-electron chi connectivity index (χ1n) is 3.90. The molecular formula is C10H8INO. The summed E-state index contributed by atoms with van der Waals surface area (Å²) in [6.45, 7) is 0. The zero-order chi connectivity index (χ0) is 9.26. The average molecular weight is 285 g/mol. The maximum atomic E-state index is 5.09. The van der Waals surface area contributed by atoms with Gasteiger partial charge in [0, 0.05) is 11.5 Å². The third kappa shape index (κ3) is 1.60. The molecule has 1 heterocycles. The van der Waals surface area contributed by atoms with Gasteiger partial charge in [0.2, 0.25) is 5.88 Å². The molecule has 0 saturated heterocycles. The Kier molecular flexibility index (Phi) is 2.35. The number of fused-ring (bicyclic) bond motifs is 1. The fraction of sp³-hybridized carbons (Fsp3) is 0.100. The molecule has 2 aromatic rings. The first kappa shape index (κ1) is 8.74. The number of rotatable bonds is 1. The van der Waals surface area contributed by atoms with E-state index in [0.717, 1.165) is 3.70 Å². The van der Waals surface area contributed by atoms with Crippen LogP contribution < -0.4 is 4.74 Å². The molecule has 0 aliphatic heterocycles. The minimum atomic E-state index is 0.670. The van der Waals surface area contributed by atoms with E-state index in [1.165, 1.54) is 10.8 Å². The van der Waals surface area contributed by atoms with E-state index in [2.05, 4.69) is 39.7 Å². The lowest BCUT2D eigenvalue weighted by atomic mass is 10.2. The smallest absolute Gasteiger partial charge is 0.214 e. The van der Waals surface area contributed by atoms with E-state index < -0.39 is 0 Å². The summed E-state index contributed by atoms with van der Waals surface area (Å²) >= 11 is 2.22. The van der Waals surface area contributed by atoms with E-state index >= 15 is 0 Å². The molecule has 0 radical (unpaired) electrons. The zero-order valence-corrected chi connectivity index (χ0v) is 9.28. The second kappa shape index (κ2) is 3.49. The van der Waals surface area contributed by atoms with Crippen LogP contribution in [0.1, 0.15) is 0 Å². The lowest BCUT2D eigenvalue weighted by molar-refractivity contribution is 0.398. The predicted molar refractivity (Wildman–Crippen MR) is 61.0 cm³/mol. The van der Waals surface area contributed by atoms with Crippen LogP contribution in [0.4, 0.5) is 0 Å². The SMILES string of the molecule is COc1cc2ccccc2c(I)n1. The number of ether oxygens (including phenoxy) is 1. The van der Waals surface area contributed by atoms with E-state index in [-0.39, 0.29) is 0 Å². The third-order valence-electron chi connectivity index (χ3n) is 1.88. The number of halogens is 1. The third-order valence-corrected chi connectivity index (χ3v) is 2.70. The molecule has 0 aliphatic rings. The molecule has 0 N–H and O–H groups in total. The van der Waals surface area contributed by atoms with Crippen molar-refractivity contribution in [3.63, 3.8) is 0 Å². The molecule has 0 spiro atoms. The van der Waals surface area contributed by atoms with Crippen LogP contribution in [0.5, 0.6) is 5.88 Å². The number of hydrogen-bond donors (Lipinski definition) is 0. The summed E-state index contributed by atoms with van der Waals surface area (Å²) in [5.74, 6) is 0.670. The first-order chi connectivity index (χ1) is 6.31. The van der Waals surface area contributed by atoms with Crippen molar-refractivity contribution in [2.24, 2.45) is 0 Å². The Morgan fingerprint density at radius 3 is 2.85 bits per heavy atom. The minimum absolute atomic E-state index is 0.670. The van der Waals surface area contributed by atoms with Gasteiger partial charge in [-0.1, -0.05) is 24.3 Å². The Morgan fingerprint density at radius 2 is 2.08 bits per heavy atom. The van der Waals surface area contributed by atoms with Crippen LogP contribution in [0.25, 0.3) is 10.8 Å². The summed E-state index contributed by atoms with van der Waals surface area (Å²) in [4.78, 5) is 4.28. The zero-order valence-electron chi connectivity index (χ0n) is 7.12. The summed E-state index contributed by atoms with van der Waals surface area (Å²) in [5, 5.41) is 2.34. The van der Waals surface area contributed by atoms with E-state index in [9.17, 15) is 0 Å². The number of aromatic nitrogens is 1. The van der Waals surface area contributed by atoms with Crippen molar-refractivity contribution in [2.75, 3.05) is 7.11 Å². The number of methoxy groups -OCH3 is 1. The molecular weight excluding hydrogens is 277 g/mol. The van der Waals surface area contributed by atoms with Crippen molar-refractivity contribution in [3.05, 3.63) is 34.0 Å². The lowest BCUT2D eigenvalue weighted by Crippen LogP contribution is -1.90. The highest BCUT2D eigenvalue weighted by Crippen LogP contribution is 2.22. The summed E-state index contributed by atoms with van der Waals surface area (Å²) < 4.78 is 6.07. The van der Waals surface area contributed by atoms with Gasteiger partial charge in [0.05, 0.1) is 7.11 Å². The van der Waals surface area contributed by atoms with Gasteiger partial charge in [0.1, 0.15) is 3.70 Å². The van der Waals surface area contributed by atoms with Crippen LogP contribution in [-0.2, 0) is 0 Å².